The van der Waals surface area contributed by atoms with Crippen molar-refractivity contribution in [3.63, 3.8) is 0 Å². The fourth-order valence-electron chi connectivity index (χ4n) is 5.48. The molecule has 0 unspecified atom stereocenters. The smallest absolute Gasteiger partial charge is 0.311 e. The van der Waals surface area contributed by atoms with E-state index in [2.05, 4.69) is 20.5 Å². The highest BCUT2D eigenvalue weighted by atomic mass is 35.5. The normalized spacial score (nSPS) is 15.6. The van der Waals surface area contributed by atoms with Crippen LogP contribution in [-0.4, -0.2) is 75.0 Å². The molecule has 4 aromatic rings. The number of halogens is 1. The van der Waals surface area contributed by atoms with Crippen molar-refractivity contribution in [2.75, 3.05) is 33.5 Å². The van der Waals surface area contributed by atoms with Crippen molar-refractivity contribution >= 4 is 28.9 Å². The predicted molar refractivity (Wildman–Crippen MR) is 163 cm³/mol. The van der Waals surface area contributed by atoms with E-state index >= 15 is 0 Å². The summed E-state index contributed by atoms with van der Waals surface area (Å²) >= 11 is 6.33. The number of allylic oxidation sites excluding steroid dienone is 1. The molecule has 0 amide bonds. The lowest BCUT2D eigenvalue weighted by Gasteiger charge is -2.17. The number of pyridine rings is 2. The summed E-state index contributed by atoms with van der Waals surface area (Å²) in [5.74, 6) is -0.359. The zero-order valence-corrected chi connectivity index (χ0v) is 24.8. The summed E-state index contributed by atoms with van der Waals surface area (Å²) in [5, 5.41) is 12.0. The topological polar surface area (TPSA) is 136 Å². The molecule has 44 heavy (non-hydrogen) atoms. The molecule has 13 heteroatoms. The van der Waals surface area contributed by atoms with Crippen molar-refractivity contribution < 1.29 is 19.0 Å². The number of aliphatic imine (C=N–C) groups is 1. The lowest BCUT2D eigenvalue weighted by Crippen LogP contribution is -2.27. The van der Waals surface area contributed by atoms with Gasteiger partial charge in [-0.05, 0) is 70.3 Å². The second-order valence-electron chi connectivity index (χ2n) is 10.4. The highest BCUT2D eigenvalue weighted by Gasteiger charge is 2.30. The number of tetrazole rings is 1. The van der Waals surface area contributed by atoms with Crippen LogP contribution in [-0.2, 0) is 31.8 Å². The number of nitrogens with zero attached hydrogens (tertiary/aromatic N) is 7. The van der Waals surface area contributed by atoms with Gasteiger partial charge < -0.3 is 18.8 Å². The lowest BCUT2D eigenvalue weighted by atomic mass is 9.99. The van der Waals surface area contributed by atoms with Gasteiger partial charge in [0.2, 0.25) is 0 Å². The van der Waals surface area contributed by atoms with Gasteiger partial charge in [-0.1, -0.05) is 17.7 Å². The summed E-state index contributed by atoms with van der Waals surface area (Å²) < 4.78 is 18.8. The third-order valence-corrected chi connectivity index (χ3v) is 7.82. The standard InChI is InChI=1S/C31H30ClN7O5/c1-42-8-9-43-10-11-44-31(41)16-24-4-2-20(17-33-24)22-13-27(34-18-22)29-7-5-25-12-21(14-30(40)39(25)29)26-15-23(32)3-6-28(26)38-19-35-36-37-38/h2-4,6,12,14-15,17-19,29H,5,7-11,13,16H2,1H3/t29-/m0/s1. The Morgan fingerprint density at radius 1 is 1.07 bits per heavy atom. The van der Waals surface area contributed by atoms with Crippen molar-refractivity contribution in [2.45, 2.75) is 31.7 Å². The Labute approximate surface area is 258 Å². The Kier molecular flexibility index (Phi) is 9.01. The van der Waals surface area contributed by atoms with E-state index in [-0.39, 0.29) is 30.6 Å². The molecule has 6 rings (SSSR count). The van der Waals surface area contributed by atoms with Gasteiger partial charge in [0.1, 0.15) is 12.9 Å². The number of carbonyl (C=O) groups is 1. The molecule has 2 aliphatic heterocycles. The molecule has 226 valence electrons. The molecule has 5 heterocycles. The highest BCUT2D eigenvalue weighted by molar-refractivity contribution is 6.31. The maximum absolute atomic E-state index is 13.5. The first-order valence-electron chi connectivity index (χ1n) is 14.2. The number of hydrogen-bond donors (Lipinski definition) is 0. The number of aromatic nitrogens is 6. The van der Waals surface area contributed by atoms with Crippen molar-refractivity contribution in [3.05, 3.63) is 93.5 Å². The van der Waals surface area contributed by atoms with E-state index in [4.69, 9.17) is 30.8 Å². The fourth-order valence-corrected chi connectivity index (χ4v) is 5.65. The van der Waals surface area contributed by atoms with E-state index in [1.165, 1.54) is 6.33 Å². The van der Waals surface area contributed by atoms with Gasteiger partial charge in [0.15, 0.2) is 0 Å². The van der Waals surface area contributed by atoms with Crippen LogP contribution in [0.5, 0.6) is 0 Å². The molecule has 12 nitrogen and oxygen atoms in total. The largest absolute Gasteiger partial charge is 0.463 e. The number of carbonyl (C=O) groups excluding carboxylic acids is 1. The molecule has 3 aromatic heterocycles. The number of esters is 1. The average molecular weight is 616 g/mol. The van der Waals surface area contributed by atoms with Crippen LogP contribution in [0.1, 0.15) is 35.8 Å². The summed E-state index contributed by atoms with van der Waals surface area (Å²) in [6.07, 6.45) is 7.31. The first kappa shape index (κ1) is 29.5. The zero-order chi connectivity index (χ0) is 30.5. The third-order valence-electron chi connectivity index (χ3n) is 7.58. The third kappa shape index (κ3) is 6.52. The summed E-state index contributed by atoms with van der Waals surface area (Å²) in [6.45, 7) is 1.46. The number of aryl methyl sites for hydroxylation is 1. The van der Waals surface area contributed by atoms with Gasteiger partial charge in [-0.25, -0.2) is 0 Å². The maximum Gasteiger partial charge on any atom is 0.311 e. The van der Waals surface area contributed by atoms with Crippen LogP contribution in [0, 0.1) is 0 Å². The second kappa shape index (κ2) is 13.4. The van der Waals surface area contributed by atoms with Crippen LogP contribution in [0.25, 0.3) is 22.4 Å². The van der Waals surface area contributed by atoms with Crippen molar-refractivity contribution in [2.24, 2.45) is 4.99 Å². The quantitative estimate of drug-likeness (QED) is 0.173. The Bertz CT molecular complexity index is 1770. The minimum absolute atomic E-state index is 0.0787. The van der Waals surface area contributed by atoms with Crippen molar-refractivity contribution in [3.8, 4) is 16.8 Å². The first-order chi connectivity index (χ1) is 21.5. The Hall–Kier alpha value is -4.52. The molecule has 0 aliphatic carbocycles. The second-order valence-corrected chi connectivity index (χ2v) is 10.8. The number of hydrogen-bond acceptors (Lipinski definition) is 10. The average Bonchev–Trinajstić information content (AvgIpc) is 3.81. The van der Waals surface area contributed by atoms with E-state index in [0.717, 1.165) is 52.2 Å². The number of fused-ring (bicyclic) bond motifs is 1. The van der Waals surface area contributed by atoms with Crippen molar-refractivity contribution in [1.82, 2.24) is 29.8 Å². The van der Waals surface area contributed by atoms with Gasteiger partial charge in [0.25, 0.3) is 5.56 Å². The van der Waals surface area contributed by atoms with Gasteiger partial charge in [-0.3, -0.25) is 19.6 Å². The van der Waals surface area contributed by atoms with Crippen LogP contribution in [0.2, 0.25) is 5.02 Å². The molecule has 0 fully saturated rings. The van der Waals surface area contributed by atoms with Crippen LogP contribution in [0.4, 0.5) is 0 Å². The molecule has 0 radical (unpaired) electrons. The number of benzene rings is 1. The molecule has 1 atom stereocenters. The molecule has 0 bridgehead atoms. The van der Waals surface area contributed by atoms with Crippen LogP contribution >= 0.6 is 11.6 Å². The molecule has 0 N–H and O–H groups in total. The SMILES string of the molecule is COCCOCCOC(=O)Cc1ccc(C2=CN=C([C@@H]3CCc4cc(-c5cc(Cl)ccc5-n5cnnn5)cc(=O)n43)C2)cn1. The Balaban J connectivity index is 1.09. The molecule has 2 aliphatic rings. The molecule has 1 aromatic carbocycles. The first-order valence-corrected chi connectivity index (χ1v) is 14.6. The fraction of sp³-hybridized carbons (Fsp3) is 0.323. The van der Waals surface area contributed by atoms with E-state index < -0.39 is 0 Å². The van der Waals surface area contributed by atoms with Crippen LogP contribution < -0.4 is 5.56 Å². The molecule has 0 spiro atoms. The lowest BCUT2D eigenvalue weighted by molar-refractivity contribution is -0.144. The van der Waals surface area contributed by atoms with Gasteiger partial charge in [-0.2, -0.15) is 4.68 Å². The molecule has 0 saturated carbocycles. The summed E-state index contributed by atoms with van der Waals surface area (Å²) in [7, 11) is 1.60. The number of rotatable bonds is 12. The van der Waals surface area contributed by atoms with E-state index in [0.29, 0.717) is 37.0 Å². The van der Waals surface area contributed by atoms with E-state index in [1.807, 2.05) is 41.1 Å². The number of ether oxygens (including phenoxy) is 3. The molecule has 0 saturated heterocycles. The molecular formula is C31H30ClN7O5. The Morgan fingerprint density at radius 3 is 2.75 bits per heavy atom. The summed E-state index contributed by atoms with van der Waals surface area (Å²) in [4.78, 5) is 34.8. The van der Waals surface area contributed by atoms with Gasteiger partial charge in [0, 0.05) is 54.0 Å². The minimum atomic E-state index is -0.359. The van der Waals surface area contributed by atoms with Gasteiger partial charge >= 0.3 is 5.97 Å². The highest BCUT2D eigenvalue weighted by Crippen LogP contribution is 2.35. The zero-order valence-electron chi connectivity index (χ0n) is 24.1. The minimum Gasteiger partial charge on any atom is -0.463 e. The monoisotopic (exact) mass is 615 g/mol. The van der Waals surface area contributed by atoms with Crippen LogP contribution in [0.15, 0.2) is 71.0 Å². The maximum atomic E-state index is 13.5. The number of methoxy groups -OCH3 is 1. The van der Waals surface area contributed by atoms with E-state index in [1.54, 1.807) is 30.1 Å². The summed E-state index contributed by atoms with van der Waals surface area (Å²) in [5.41, 5.74) is 6.59. The van der Waals surface area contributed by atoms with Gasteiger partial charge in [0.05, 0.1) is 43.7 Å². The van der Waals surface area contributed by atoms with Crippen molar-refractivity contribution in [1.29, 1.82) is 0 Å². The predicted octanol–water partition coefficient (Wildman–Crippen LogP) is 3.66. The van der Waals surface area contributed by atoms with Crippen LogP contribution in [0.3, 0.4) is 0 Å². The summed E-state index contributed by atoms with van der Waals surface area (Å²) in [6, 6.07) is 12.7. The van der Waals surface area contributed by atoms with E-state index in [9.17, 15) is 9.59 Å². The van der Waals surface area contributed by atoms with Gasteiger partial charge in [-0.15, -0.1) is 5.10 Å². The molecular weight excluding hydrogens is 586 g/mol. The Morgan fingerprint density at radius 2 is 1.95 bits per heavy atom.